The Morgan fingerprint density at radius 3 is 2.81 bits per heavy atom. The third kappa shape index (κ3) is 3.59. The third-order valence-corrected chi connectivity index (χ3v) is 7.95. The van der Waals surface area contributed by atoms with Crippen molar-refractivity contribution in [1.82, 2.24) is 9.88 Å². The molecular weight excluding hydrogens is 420 g/mol. The van der Waals surface area contributed by atoms with Gasteiger partial charge in [-0.05, 0) is 43.4 Å². The van der Waals surface area contributed by atoms with Crippen molar-refractivity contribution >= 4 is 39.1 Å². The molecule has 1 atom stereocenters. The van der Waals surface area contributed by atoms with E-state index in [1.54, 1.807) is 0 Å². The lowest BCUT2D eigenvalue weighted by Crippen LogP contribution is -2.33. The van der Waals surface area contributed by atoms with Crippen LogP contribution >= 0.6 is 11.3 Å². The van der Waals surface area contributed by atoms with Crippen molar-refractivity contribution in [2.24, 2.45) is 11.7 Å². The maximum atomic E-state index is 13.7. The molecule has 0 bridgehead atoms. The average molecular weight is 449 g/mol. The molecule has 2 aromatic heterocycles. The van der Waals surface area contributed by atoms with Crippen LogP contribution in [0.5, 0.6) is 0 Å². The molecule has 0 saturated carbocycles. The van der Waals surface area contributed by atoms with Gasteiger partial charge < -0.3 is 11.1 Å². The van der Waals surface area contributed by atoms with Crippen LogP contribution in [0.3, 0.4) is 0 Å². The minimum atomic E-state index is -0.467. The number of nitrogens with one attached hydrogen (secondary N) is 1. The molecule has 166 valence electrons. The minimum absolute atomic E-state index is 0.188. The normalized spacial score (nSPS) is 18.2. The number of primary amides is 1. The van der Waals surface area contributed by atoms with Crippen LogP contribution in [-0.4, -0.2) is 34.8 Å². The van der Waals surface area contributed by atoms with Gasteiger partial charge in [-0.25, -0.2) is 0 Å². The summed E-state index contributed by atoms with van der Waals surface area (Å²) in [6.07, 6.45) is 3.62. The van der Waals surface area contributed by atoms with Gasteiger partial charge in [-0.15, -0.1) is 11.3 Å². The van der Waals surface area contributed by atoms with E-state index in [0.29, 0.717) is 28.6 Å². The first kappa shape index (κ1) is 21.1. The molecule has 0 radical (unpaired) electrons. The first-order chi connectivity index (χ1) is 15.5. The summed E-state index contributed by atoms with van der Waals surface area (Å²) >= 11 is 1.51. The van der Waals surface area contributed by atoms with E-state index in [-0.39, 0.29) is 5.91 Å². The zero-order valence-electron chi connectivity index (χ0n) is 18.5. The fourth-order valence-corrected chi connectivity index (χ4v) is 6.45. The van der Waals surface area contributed by atoms with Crippen LogP contribution in [0.2, 0.25) is 0 Å². The summed E-state index contributed by atoms with van der Waals surface area (Å²) in [7, 11) is 0. The van der Waals surface area contributed by atoms with Gasteiger partial charge >= 0.3 is 0 Å². The van der Waals surface area contributed by atoms with E-state index in [9.17, 15) is 9.59 Å². The fourth-order valence-electron chi connectivity index (χ4n) is 5.04. The molecule has 0 spiro atoms. The van der Waals surface area contributed by atoms with Crippen LogP contribution in [-0.2, 0) is 25.8 Å². The number of nitrogens with two attached hydrogens (primary N) is 1. The molecule has 0 fully saturated rings. The van der Waals surface area contributed by atoms with Gasteiger partial charge in [-0.3, -0.25) is 19.5 Å². The van der Waals surface area contributed by atoms with Crippen LogP contribution in [0.25, 0.3) is 10.9 Å². The highest BCUT2D eigenvalue weighted by molar-refractivity contribution is 7.17. The number of fused-ring (bicyclic) bond motifs is 3. The highest BCUT2D eigenvalue weighted by Gasteiger charge is 2.30. The van der Waals surface area contributed by atoms with E-state index >= 15 is 0 Å². The molecule has 3 N–H and O–H groups in total. The van der Waals surface area contributed by atoms with E-state index in [0.717, 1.165) is 66.5 Å². The van der Waals surface area contributed by atoms with Crippen molar-refractivity contribution in [2.45, 2.75) is 46.1 Å². The number of nitrogens with zero attached hydrogens (tertiary/aromatic N) is 2. The van der Waals surface area contributed by atoms with Gasteiger partial charge in [0, 0.05) is 41.0 Å². The summed E-state index contributed by atoms with van der Waals surface area (Å²) < 4.78 is 0. The van der Waals surface area contributed by atoms with Crippen molar-refractivity contribution in [3.05, 3.63) is 57.1 Å². The molecule has 3 heterocycles. The fraction of sp³-hybridized carbons (Fsp3) is 0.400. The monoisotopic (exact) mass is 448 g/mol. The Kier molecular flexibility index (Phi) is 5.47. The highest BCUT2D eigenvalue weighted by Crippen LogP contribution is 2.40. The van der Waals surface area contributed by atoms with Crippen molar-refractivity contribution in [1.29, 1.82) is 0 Å². The second kappa shape index (κ2) is 8.30. The predicted octanol–water partition coefficient (Wildman–Crippen LogP) is 4.15. The molecule has 1 aliphatic heterocycles. The van der Waals surface area contributed by atoms with Gasteiger partial charge in [0.25, 0.3) is 11.8 Å². The topological polar surface area (TPSA) is 88.3 Å². The van der Waals surface area contributed by atoms with Crippen LogP contribution in [0.4, 0.5) is 5.00 Å². The number of hydrogen-bond acceptors (Lipinski definition) is 5. The molecular formula is C25H28N4O2S. The van der Waals surface area contributed by atoms with Crippen LogP contribution in [0.1, 0.15) is 62.7 Å². The molecule has 2 aliphatic rings. The Bertz CT molecular complexity index is 1230. The molecule has 3 aromatic rings. The third-order valence-electron chi connectivity index (χ3n) is 6.78. The zero-order chi connectivity index (χ0) is 22.4. The molecule has 1 aromatic carbocycles. The number of benzene rings is 1. The molecule has 2 amide bonds. The van der Waals surface area contributed by atoms with E-state index < -0.39 is 5.91 Å². The second-order valence-corrected chi connectivity index (χ2v) is 10.0. The zero-order valence-corrected chi connectivity index (χ0v) is 19.3. The average Bonchev–Trinajstić information content (AvgIpc) is 3.13. The number of hydrogen-bond donors (Lipinski definition) is 2. The van der Waals surface area contributed by atoms with Gasteiger partial charge in [0.2, 0.25) is 0 Å². The van der Waals surface area contributed by atoms with Gasteiger partial charge in [0.15, 0.2) is 0 Å². The summed E-state index contributed by atoms with van der Waals surface area (Å²) in [6, 6.07) is 7.80. The number of aromatic nitrogens is 1. The molecule has 0 saturated heterocycles. The number of para-hydroxylation sites is 1. The largest absolute Gasteiger partial charge is 0.365 e. The lowest BCUT2D eigenvalue weighted by molar-refractivity contribution is 0.1000. The number of rotatable bonds is 4. The van der Waals surface area contributed by atoms with Crippen molar-refractivity contribution in [2.75, 3.05) is 18.4 Å². The van der Waals surface area contributed by atoms with Gasteiger partial charge in [-0.2, -0.15) is 0 Å². The Labute approximate surface area is 191 Å². The number of pyridine rings is 1. The quantitative estimate of drug-likeness (QED) is 0.628. The Morgan fingerprint density at radius 2 is 2.03 bits per heavy atom. The summed E-state index contributed by atoms with van der Waals surface area (Å²) in [5.41, 5.74) is 10.8. The number of thiophene rings is 1. The number of anilines is 1. The Hall–Kier alpha value is -2.77. The van der Waals surface area contributed by atoms with Crippen molar-refractivity contribution in [3.8, 4) is 0 Å². The summed E-state index contributed by atoms with van der Waals surface area (Å²) in [4.78, 5) is 34.5. The number of carbonyl (C=O) groups excluding carboxylic acids is 2. The van der Waals surface area contributed by atoms with Crippen LogP contribution in [0.15, 0.2) is 24.3 Å². The second-order valence-electron chi connectivity index (χ2n) is 8.92. The van der Waals surface area contributed by atoms with Crippen LogP contribution < -0.4 is 11.1 Å². The predicted molar refractivity (Wildman–Crippen MR) is 128 cm³/mol. The SMILES string of the molecule is CCN1CCc2nc3ccccc3c(C(=O)Nc3sc4c(c3C(N)=O)CCC(C)C4)c2C1. The first-order valence-corrected chi connectivity index (χ1v) is 12.2. The van der Waals surface area contributed by atoms with E-state index in [1.807, 2.05) is 24.3 Å². The lowest BCUT2D eigenvalue weighted by Gasteiger charge is -2.29. The van der Waals surface area contributed by atoms with Gasteiger partial charge in [-0.1, -0.05) is 32.0 Å². The maximum absolute atomic E-state index is 13.7. The molecule has 5 rings (SSSR count). The van der Waals surface area contributed by atoms with Crippen molar-refractivity contribution < 1.29 is 9.59 Å². The standard InChI is InChI=1S/C25H28N4O2S/c1-3-29-11-10-19-17(13-29)21(15-6-4-5-7-18(15)27-19)24(31)28-25-22(23(26)30)16-9-8-14(2)12-20(16)32-25/h4-7,14H,3,8-13H2,1-2H3,(H2,26,30)(H,28,31). The number of amides is 2. The smallest absolute Gasteiger partial charge is 0.257 e. The Balaban J connectivity index is 1.60. The summed E-state index contributed by atoms with van der Waals surface area (Å²) in [6.45, 7) is 6.93. The van der Waals surface area contributed by atoms with Gasteiger partial charge in [0.05, 0.1) is 16.6 Å². The van der Waals surface area contributed by atoms with E-state index in [1.165, 1.54) is 16.2 Å². The number of likely N-dealkylation sites (N-methyl/N-ethyl adjacent to an activating group) is 1. The Morgan fingerprint density at radius 1 is 1.22 bits per heavy atom. The maximum Gasteiger partial charge on any atom is 0.257 e. The summed E-state index contributed by atoms with van der Waals surface area (Å²) in [5, 5.41) is 4.52. The molecule has 6 nitrogen and oxygen atoms in total. The van der Waals surface area contributed by atoms with E-state index in [4.69, 9.17) is 10.7 Å². The lowest BCUT2D eigenvalue weighted by atomic mass is 9.88. The number of carbonyl (C=O) groups is 2. The first-order valence-electron chi connectivity index (χ1n) is 11.3. The van der Waals surface area contributed by atoms with Crippen molar-refractivity contribution in [3.63, 3.8) is 0 Å². The highest BCUT2D eigenvalue weighted by atomic mass is 32.1. The van der Waals surface area contributed by atoms with E-state index in [2.05, 4.69) is 24.1 Å². The molecule has 7 heteroatoms. The molecule has 32 heavy (non-hydrogen) atoms. The van der Waals surface area contributed by atoms with Crippen LogP contribution in [0, 0.1) is 5.92 Å². The van der Waals surface area contributed by atoms with Gasteiger partial charge in [0.1, 0.15) is 5.00 Å². The molecule has 1 unspecified atom stereocenters. The summed E-state index contributed by atoms with van der Waals surface area (Å²) in [5.74, 6) is -0.0836. The minimum Gasteiger partial charge on any atom is -0.365 e. The molecule has 1 aliphatic carbocycles.